The van der Waals surface area contributed by atoms with Crippen LogP contribution in [0.15, 0.2) is 78.9 Å². The number of hydrogen-bond donors (Lipinski definition) is 2. The highest BCUT2D eigenvalue weighted by molar-refractivity contribution is 6.30. The maximum Gasteiger partial charge on any atom is 0.262 e. The second-order valence-electron chi connectivity index (χ2n) is 5.69. The highest BCUT2D eigenvalue weighted by atomic mass is 35.5. The summed E-state index contributed by atoms with van der Waals surface area (Å²) in [6, 6.07) is 22.6. The highest BCUT2D eigenvalue weighted by Crippen LogP contribution is 2.17. The molecule has 3 aromatic carbocycles. The van der Waals surface area contributed by atoms with Crippen molar-refractivity contribution >= 4 is 34.8 Å². The Morgan fingerprint density at radius 2 is 1.37 bits per heavy atom. The van der Waals surface area contributed by atoms with E-state index < -0.39 is 0 Å². The number of benzene rings is 3. The summed E-state index contributed by atoms with van der Waals surface area (Å²) in [6.45, 7) is -0.117. The molecule has 0 aromatic heterocycles. The van der Waals surface area contributed by atoms with Gasteiger partial charge in [-0.2, -0.15) is 0 Å². The monoisotopic (exact) mass is 380 g/mol. The van der Waals surface area contributed by atoms with Crippen LogP contribution in [0.1, 0.15) is 10.4 Å². The molecule has 6 heteroatoms. The van der Waals surface area contributed by atoms with E-state index in [9.17, 15) is 9.59 Å². The van der Waals surface area contributed by atoms with Gasteiger partial charge in [-0.15, -0.1) is 0 Å². The molecule has 0 saturated carbocycles. The van der Waals surface area contributed by atoms with Crippen molar-refractivity contribution in [1.82, 2.24) is 0 Å². The molecular weight excluding hydrogens is 364 g/mol. The molecule has 2 amide bonds. The number of hydrogen-bond acceptors (Lipinski definition) is 3. The number of nitrogens with one attached hydrogen (secondary N) is 2. The van der Waals surface area contributed by atoms with Crippen molar-refractivity contribution in [3.05, 3.63) is 89.4 Å². The number of anilines is 2. The van der Waals surface area contributed by atoms with Crippen LogP contribution in [0.2, 0.25) is 5.02 Å². The van der Waals surface area contributed by atoms with Gasteiger partial charge >= 0.3 is 0 Å². The van der Waals surface area contributed by atoms with Crippen LogP contribution < -0.4 is 15.4 Å². The van der Waals surface area contributed by atoms with Crippen LogP contribution >= 0.6 is 11.6 Å². The molecule has 27 heavy (non-hydrogen) atoms. The van der Waals surface area contributed by atoms with Gasteiger partial charge < -0.3 is 15.4 Å². The molecule has 0 fully saturated rings. The lowest BCUT2D eigenvalue weighted by atomic mass is 10.2. The third-order valence-corrected chi connectivity index (χ3v) is 3.90. The van der Waals surface area contributed by atoms with Gasteiger partial charge in [0.05, 0.1) is 0 Å². The van der Waals surface area contributed by atoms with Crippen molar-refractivity contribution in [2.24, 2.45) is 0 Å². The molecule has 0 aliphatic carbocycles. The van der Waals surface area contributed by atoms with Gasteiger partial charge in [0.25, 0.3) is 11.8 Å². The van der Waals surface area contributed by atoms with Gasteiger partial charge in [-0.1, -0.05) is 29.8 Å². The van der Waals surface area contributed by atoms with Crippen LogP contribution in [0, 0.1) is 0 Å². The van der Waals surface area contributed by atoms with Crippen LogP contribution in [0.25, 0.3) is 0 Å². The van der Waals surface area contributed by atoms with Crippen molar-refractivity contribution in [3.8, 4) is 5.75 Å². The molecule has 3 aromatic rings. The maximum absolute atomic E-state index is 12.1. The van der Waals surface area contributed by atoms with Crippen molar-refractivity contribution in [2.75, 3.05) is 17.2 Å². The minimum absolute atomic E-state index is 0.117. The molecule has 0 unspecified atom stereocenters. The molecule has 2 N–H and O–H groups in total. The molecule has 0 aliphatic rings. The first-order valence-electron chi connectivity index (χ1n) is 8.25. The molecule has 0 atom stereocenters. The van der Waals surface area contributed by atoms with Crippen molar-refractivity contribution in [3.63, 3.8) is 0 Å². The molecule has 3 rings (SSSR count). The van der Waals surface area contributed by atoms with E-state index in [2.05, 4.69) is 10.6 Å². The molecule has 5 nitrogen and oxygen atoms in total. The van der Waals surface area contributed by atoms with E-state index in [1.165, 1.54) is 0 Å². The van der Waals surface area contributed by atoms with E-state index >= 15 is 0 Å². The largest absolute Gasteiger partial charge is 0.484 e. The second kappa shape index (κ2) is 8.87. The van der Waals surface area contributed by atoms with Gasteiger partial charge in [0.1, 0.15) is 5.75 Å². The number of halogens is 1. The van der Waals surface area contributed by atoms with E-state index in [0.29, 0.717) is 27.7 Å². The molecular formula is C21H17ClN2O3. The zero-order chi connectivity index (χ0) is 19.1. The third-order valence-electron chi connectivity index (χ3n) is 3.65. The zero-order valence-corrected chi connectivity index (χ0v) is 15.1. The highest BCUT2D eigenvalue weighted by Gasteiger charge is 2.07. The van der Waals surface area contributed by atoms with Crippen molar-refractivity contribution in [2.45, 2.75) is 0 Å². The van der Waals surface area contributed by atoms with Gasteiger partial charge in [0.15, 0.2) is 6.61 Å². The fourth-order valence-electron chi connectivity index (χ4n) is 2.31. The molecule has 136 valence electrons. The minimum atomic E-state index is -0.286. The van der Waals surface area contributed by atoms with Gasteiger partial charge in [-0.25, -0.2) is 0 Å². The Morgan fingerprint density at radius 1 is 0.778 bits per heavy atom. The summed E-state index contributed by atoms with van der Waals surface area (Å²) in [5, 5.41) is 6.14. The Bertz CT molecular complexity index is 910. The fourth-order valence-corrected chi connectivity index (χ4v) is 2.43. The van der Waals surface area contributed by atoms with E-state index in [1.807, 2.05) is 6.07 Å². The summed E-state index contributed by atoms with van der Waals surface area (Å²) < 4.78 is 5.39. The number of carbonyl (C=O) groups excluding carboxylic acids is 2. The van der Waals surface area contributed by atoms with Crippen molar-refractivity contribution < 1.29 is 14.3 Å². The van der Waals surface area contributed by atoms with Crippen LogP contribution in [-0.4, -0.2) is 18.4 Å². The average Bonchev–Trinajstić information content (AvgIpc) is 2.70. The summed E-state index contributed by atoms with van der Waals surface area (Å²) in [4.78, 5) is 24.1. The van der Waals surface area contributed by atoms with E-state index in [-0.39, 0.29) is 18.4 Å². The molecule has 0 radical (unpaired) electrons. The topological polar surface area (TPSA) is 67.4 Å². The SMILES string of the molecule is O=C(COc1ccc(Cl)cc1)Nc1ccc(NC(=O)c2ccccc2)cc1. The summed E-state index contributed by atoms with van der Waals surface area (Å²) in [7, 11) is 0. The summed E-state index contributed by atoms with van der Waals surface area (Å²) in [5.74, 6) is 0.0864. The predicted octanol–water partition coefficient (Wildman–Crippen LogP) is 4.61. The van der Waals surface area contributed by atoms with Gasteiger partial charge in [-0.3, -0.25) is 9.59 Å². The van der Waals surface area contributed by atoms with E-state index in [4.69, 9.17) is 16.3 Å². The number of carbonyl (C=O) groups is 2. The lowest BCUT2D eigenvalue weighted by molar-refractivity contribution is -0.118. The Kier molecular flexibility index (Phi) is 6.07. The van der Waals surface area contributed by atoms with E-state index in [1.54, 1.807) is 72.8 Å². The summed E-state index contributed by atoms with van der Waals surface area (Å²) in [5.41, 5.74) is 1.82. The van der Waals surface area contributed by atoms with Crippen LogP contribution in [0.3, 0.4) is 0 Å². The Balaban J connectivity index is 1.50. The maximum atomic E-state index is 12.1. The van der Waals surface area contributed by atoms with Gasteiger partial charge in [-0.05, 0) is 60.7 Å². The van der Waals surface area contributed by atoms with Crippen molar-refractivity contribution in [1.29, 1.82) is 0 Å². The Morgan fingerprint density at radius 3 is 2.00 bits per heavy atom. The van der Waals surface area contributed by atoms with Gasteiger partial charge in [0, 0.05) is 22.0 Å². The molecule has 0 spiro atoms. The minimum Gasteiger partial charge on any atom is -0.484 e. The molecule has 0 heterocycles. The first kappa shape index (κ1) is 18.5. The third kappa shape index (κ3) is 5.59. The number of rotatable bonds is 6. The first-order valence-corrected chi connectivity index (χ1v) is 8.62. The van der Waals surface area contributed by atoms with Crippen LogP contribution in [-0.2, 0) is 4.79 Å². The van der Waals surface area contributed by atoms with Crippen LogP contribution in [0.4, 0.5) is 11.4 Å². The first-order chi connectivity index (χ1) is 13.1. The zero-order valence-electron chi connectivity index (χ0n) is 14.3. The normalized spacial score (nSPS) is 10.1. The Labute approximate surface area is 161 Å². The standard InChI is InChI=1S/C21H17ClN2O3/c22-16-6-12-19(13-7-16)27-14-20(25)23-17-8-10-18(11-9-17)24-21(26)15-4-2-1-3-5-15/h1-13H,14H2,(H,23,25)(H,24,26). The molecule has 0 saturated heterocycles. The number of ether oxygens (including phenoxy) is 1. The summed E-state index contributed by atoms with van der Waals surface area (Å²) in [6.07, 6.45) is 0. The van der Waals surface area contributed by atoms with E-state index in [0.717, 1.165) is 0 Å². The number of amides is 2. The second-order valence-corrected chi connectivity index (χ2v) is 6.12. The fraction of sp³-hybridized carbons (Fsp3) is 0.0476. The Hall–Kier alpha value is -3.31. The smallest absolute Gasteiger partial charge is 0.262 e. The average molecular weight is 381 g/mol. The quantitative estimate of drug-likeness (QED) is 0.656. The van der Waals surface area contributed by atoms with Gasteiger partial charge in [0.2, 0.25) is 0 Å². The molecule has 0 bridgehead atoms. The summed E-state index contributed by atoms with van der Waals surface area (Å²) >= 11 is 5.80. The molecule has 0 aliphatic heterocycles. The lowest BCUT2D eigenvalue weighted by Gasteiger charge is -2.09. The lowest BCUT2D eigenvalue weighted by Crippen LogP contribution is -2.20. The predicted molar refractivity (Wildman–Crippen MR) is 106 cm³/mol. The van der Waals surface area contributed by atoms with Crippen LogP contribution in [0.5, 0.6) is 5.75 Å².